The first kappa shape index (κ1) is 13.5. The lowest BCUT2D eigenvalue weighted by molar-refractivity contribution is 0.393. The second-order valence-corrected chi connectivity index (χ2v) is 6.46. The Morgan fingerprint density at radius 3 is 2.31 bits per heavy atom. The van der Waals surface area contributed by atoms with Crippen molar-refractivity contribution >= 4 is 12.2 Å². The summed E-state index contributed by atoms with van der Waals surface area (Å²) in [5.74, 6) is 0.694. The van der Waals surface area contributed by atoms with Crippen LogP contribution in [0.5, 0.6) is 0 Å². The van der Waals surface area contributed by atoms with E-state index in [2.05, 4.69) is 57.3 Å². The zero-order valence-corrected chi connectivity index (χ0v) is 12.1. The molecule has 2 nitrogen and oxygen atoms in total. The highest BCUT2D eigenvalue weighted by Crippen LogP contribution is 2.27. The van der Waals surface area contributed by atoms with E-state index in [-0.39, 0.29) is 5.41 Å². The van der Waals surface area contributed by atoms with Crippen molar-refractivity contribution in [2.75, 3.05) is 0 Å². The molecule has 0 bridgehead atoms. The van der Waals surface area contributed by atoms with Crippen LogP contribution in [0.3, 0.4) is 0 Å². The predicted octanol–water partition coefficient (Wildman–Crippen LogP) is 4.45. The summed E-state index contributed by atoms with van der Waals surface area (Å²) in [7, 11) is 0. The Morgan fingerprint density at radius 2 is 1.88 bits per heavy atom. The maximum atomic E-state index is 5.38. The number of hydrogen-bond acceptors (Lipinski definition) is 1. The van der Waals surface area contributed by atoms with Gasteiger partial charge in [-0.1, -0.05) is 34.6 Å². The second-order valence-electron chi connectivity index (χ2n) is 6.08. The highest BCUT2D eigenvalue weighted by Gasteiger charge is 2.22. The predicted molar refractivity (Wildman–Crippen MR) is 72.5 cm³/mol. The fourth-order valence-electron chi connectivity index (χ4n) is 2.18. The molecule has 1 rings (SSSR count). The Hall–Kier alpha value is -0.570. The number of hydrogen-bond donors (Lipinski definition) is 1. The minimum atomic E-state index is 0.138. The summed E-state index contributed by atoms with van der Waals surface area (Å²) in [6.07, 6.45) is 3.22. The molecule has 16 heavy (non-hydrogen) atoms. The first-order chi connectivity index (χ1) is 7.23. The van der Waals surface area contributed by atoms with Crippen molar-refractivity contribution in [3.8, 4) is 0 Å². The van der Waals surface area contributed by atoms with E-state index < -0.39 is 0 Å². The van der Waals surface area contributed by atoms with E-state index in [1.165, 1.54) is 5.69 Å². The van der Waals surface area contributed by atoms with Crippen molar-refractivity contribution in [1.82, 2.24) is 9.55 Å². The molecule has 0 radical (unpaired) electrons. The van der Waals surface area contributed by atoms with Crippen LogP contribution in [0.4, 0.5) is 0 Å². The van der Waals surface area contributed by atoms with Gasteiger partial charge in [-0.15, -0.1) is 0 Å². The molecule has 3 heteroatoms. The summed E-state index contributed by atoms with van der Waals surface area (Å²) >= 11 is 5.38. The fourth-order valence-corrected chi connectivity index (χ4v) is 2.52. The first-order valence-corrected chi connectivity index (χ1v) is 6.44. The van der Waals surface area contributed by atoms with Crippen molar-refractivity contribution in [1.29, 1.82) is 0 Å². The molecule has 0 amide bonds. The van der Waals surface area contributed by atoms with Crippen molar-refractivity contribution in [3.05, 3.63) is 16.7 Å². The summed E-state index contributed by atoms with van der Waals surface area (Å²) in [4.78, 5) is 3.18. The number of H-pyrrole nitrogens is 1. The van der Waals surface area contributed by atoms with Crippen LogP contribution in [-0.2, 0) is 5.41 Å². The van der Waals surface area contributed by atoms with Crippen LogP contribution in [0.1, 0.15) is 59.7 Å². The maximum absolute atomic E-state index is 5.38. The number of nitrogens with zero attached hydrogens (tertiary/aromatic N) is 1. The minimum absolute atomic E-state index is 0.138. The molecular weight excluding hydrogens is 216 g/mol. The van der Waals surface area contributed by atoms with Gasteiger partial charge in [-0.05, 0) is 31.5 Å². The van der Waals surface area contributed by atoms with Crippen LogP contribution in [0.15, 0.2) is 6.20 Å². The molecule has 0 spiro atoms. The maximum Gasteiger partial charge on any atom is 0.177 e. The normalized spacial score (nSPS) is 14.4. The molecule has 1 N–H and O–H groups in total. The lowest BCUT2D eigenvalue weighted by Gasteiger charge is -2.25. The van der Waals surface area contributed by atoms with E-state index in [0.717, 1.165) is 11.2 Å². The topological polar surface area (TPSA) is 20.7 Å². The zero-order valence-electron chi connectivity index (χ0n) is 11.3. The molecule has 0 saturated heterocycles. The molecule has 0 aliphatic carbocycles. The van der Waals surface area contributed by atoms with E-state index in [1.54, 1.807) is 0 Å². The Kier molecular flexibility index (Phi) is 4.00. The van der Waals surface area contributed by atoms with Gasteiger partial charge in [-0.3, -0.25) is 0 Å². The summed E-state index contributed by atoms with van der Waals surface area (Å²) < 4.78 is 3.12. The van der Waals surface area contributed by atoms with Crippen molar-refractivity contribution in [3.63, 3.8) is 0 Å². The third kappa shape index (κ3) is 2.97. The molecule has 1 aromatic heterocycles. The average molecular weight is 240 g/mol. The SMILES string of the molecule is CC(C)CC(C)n1c(C(C)(C)C)c[nH]c1=S. The number of imidazole rings is 1. The first-order valence-electron chi connectivity index (χ1n) is 6.04. The largest absolute Gasteiger partial charge is 0.337 e. The molecule has 0 aliphatic heterocycles. The molecule has 0 saturated carbocycles. The highest BCUT2D eigenvalue weighted by molar-refractivity contribution is 7.71. The molecule has 1 heterocycles. The molecule has 1 atom stereocenters. The van der Waals surface area contributed by atoms with Gasteiger partial charge in [-0.25, -0.2) is 0 Å². The van der Waals surface area contributed by atoms with Gasteiger partial charge in [0.15, 0.2) is 4.77 Å². The lowest BCUT2D eigenvalue weighted by atomic mass is 9.92. The van der Waals surface area contributed by atoms with Crippen LogP contribution >= 0.6 is 12.2 Å². The van der Waals surface area contributed by atoms with Crippen LogP contribution < -0.4 is 0 Å². The molecule has 0 aromatic carbocycles. The number of aromatic nitrogens is 2. The third-order valence-corrected chi connectivity index (χ3v) is 3.15. The van der Waals surface area contributed by atoms with Crippen LogP contribution in [-0.4, -0.2) is 9.55 Å². The molecule has 0 fully saturated rings. The van der Waals surface area contributed by atoms with Crippen molar-refractivity contribution < 1.29 is 0 Å². The van der Waals surface area contributed by atoms with Gasteiger partial charge in [0.25, 0.3) is 0 Å². The van der Waals surface area contributed by atoms with Crippen molar-refractivity contribution in [2.45, 2.75) is 59.4 Å². The van der Waals surface area contributed by atoms with Crippen LogP contribution in [0.2, 0.25) is 0 Å². The van der Waals surface area contributed by atoms with E-state index >= 15 is 0 Å². The summed E-state index contributed by atoms with van der Waals surface area (Å²) in [6, 6.07) is 0.466. The van der Waals surface area contributed by atoms with Gasteiger partial charge in [0.2, 0.25) is 0 Å². The monoisotopic (exact) mass is 240 g/mol. The van der Waals surface area contributed by atoms with Gasteiger partial charge >= 0.3 is 0 Å². The Bertz CT molecular complexity index is 393. The van der Waals surface area contributed by atoms with E-state index in [9.17, 15) is 0 Å². The fraction of sp³-hybridized carbons (Fsp3) is 0.769. The summed E-state index contributed by atoms with van der Waals surface area (Å²) in [5.41, 5.74) is 1.43. The number of nitrogens with one attached hydrogen (secondary N) is 1. The van der Waals surface area contributed by atoms with Gasteiger partial charge in [0.05, 0.1) is 0 Å². The smallest absolute Gasteiger partial charge is 0.177 e. The summed E-state index contributed by atoms with van der Waals surface area (Å²) in [5, 5.41) is 0. The van der Waals surface area contributed by atoms with E-state index in [0.29, 0.717) is 12.0 Å². The van der Waals surface area contributed by atoms with Gasteiger partial charge < -0.3 is 9.55 Å². The van der Waals surface area contributed by atoms with Crippen molar-refractivity contribution in [2.24, 2.45) is 5.92 Å². The van der Waals surface area contributed by atoms with Crippen LogP contribution in [0.25, 0.3) is 0 Å². The van der Waals surface area contributed by atoms with Gasteiger partial charge in [-0.2, -0.15) is 0 Å². The van der Waals surface area contributed by atoms with Crippen LogP contribution in [0, 0.1) is 10.7 Å². The van der Waals surface area contributed by atoms with Gasteiger partial charge in [0.1, 0.15) is 0 Å². The number of aromatic amines is 1. The lowest BCUT2D eigenvalue weighted by Crippen LogP contribution is -2.20. The number of rotatable bonds is 3. The van der Waals surface area contributed by atoms with E-state index in [4.69, 9.17) is 12.2 Å². The average Bonchev–Trinajstić information content (AvgIpc) is 2.44. The third-order valence-electron chi connectivity index (χ3n) is 2.83. The Balaban J connectivity index is 3.12. The second kappa shape index (κ2) is 4.74. The quantitative estimate of drug-likeness (QED) is 0.774. The molecular formula is C13H24N2S. The Morgan fingerprint density at radius 1 is 1.31 bits per heavy atom. The Labute approximate surface area is 104 Å². The standard InChI is InChI=1S/C13H24N2S/c1-9(2)7-10(3)15-11(13(4,5)6)8-14-12(15)16/h8-10H,7H2,1-6H3,(H,14,16). The molecule has 0 aliphatic rings. The summed E-state index contributed by atoms with van der Waals surface area (Å²) in [6.45, 7) is 13.4. The molecule has 1 aromatic rings. The van der Waals surface area contributed by atoms with Gasteiger partial charge in [0, 0.05) is 23.3 Å². The molecule has 92 valence electrons. The highest BCUT2D eigenvalue weighted by atomic mass is 32.1. The van der Waals surface area contributed by atoms with E-state index in [1.807, 2.05) is 0 Å². The molecule has 1 unspecified atom stereocenters. The minimum Gasteiger partial charge on any atom is -0.337 e. The zero-order chi connectivity index (χ0) is 12.5.